The summed E-state index contributed by atoms with van der Waals surface area (Å²) in [6, 6.07) is 37.3. The molecule has 0 aliphatic rings. The molecule has 6 aromatic heterocycles. The van der Waals surface area contributed by atoms with Crippen LogP contribution in [0, 0.1) is 39.5 Å². The van der Waals surface area contributed by atoms with E-state index in [4.69, 9.17) is 40.5 Å². The number of aryl methyl sites for hydroxylation is 4. The van der Waals surface area contributed by atoms with Crippen LogP contribution < -0.4 is 0 Å². The van der Waals surface area contributed by atoms with E-state index >= 15 is 0 Å². The molecular weight excluding hydrogens is 791 g/mol. The number of pyridine rings is 4. The van der Waals surface area contributed by atoms with E-state index in [0.717, 1.165) is 95.0 Å². The molecule has 10 heteroatoms. The van der Waals surface area contributed by atoms with Crippen molar-refractivity contribution in [3.63, 3.8) is 0 Å². The molecule has 6 heterocycles. The van der Waals surface area contributed by atoms with Crippen LogP contribution >= 0.6 is 11.6 Å². The minimum Gasteiger partial charge on any atom is -0.437 e. The van der Waals surface area contributed by atoms with Crippen molar-refractivity contribution in [3.8, 4) is 22.5 Å². The standard InChI is InChI=1S/C26H24N2O.C22H15ClN2O.C4H11BO2/c1-15(2)12-18-6-5-7-23-19(18)10-11-24(28-23)22-14-16(3)13-21-20-9-8-17(4)27-26(20)29-25(21)22;1-12-10-16-14-7-6-13(2)24-22(14)26-21(16)17(11-12)20-9-8-15-18(23)4-3-5-19(15)25-20;1-4(2)3-5(6)7/h5-11,13-15H,12H2,1-4H3;3-11H,1-2H3;4,6-7H,3H2,1-2H3. The van der Waals surface area contributed by atoms with Gasteiger partial charge >= 0.3 is 7.12 Å². The Morgan fingerprint density at radius 2 is 1.02 bits per heavy atom. The molecule has 0 fully saturated rings. The lowest BCUT2D eigenvalue weighted by Crippen LogP contribution is -2.12. The molecule has 0 radical (unpaired) electrons. The van der Waals surface area contributed by atoms with Crippen LogP contribution in [-0.4, -0.2) is 37.1 Å². The predicted molar refractivity (Wildman–Crippen MR) is 257 cm³/mol. The van der Waals surface area contributed by atoms with E-state index in [0.29, 0.717) is 34.6 Å². The SMILES string of the molecule is CC(C)CB(O)O.Cc1cc(-c2ccc3c(CC(C)C)cccc3n2)c2oc3nc(C)ccc3c2c1.Cc1cc(-c2ccc3c(Cl)cccc3n2)c2oc3nc(C)ccc3c2c1. The van der Waals surface area contributed by atoms with Crippen LogP contribution in [0.15, 0.2) is 118 Å². The monoisotopic (exact) mass is 840 g/mol. The van der Waals surface area contributed by atoms with Crippen molar-refractivity contribution in [1.82, 2.24) is 19.9 Å². The molecule has 4 aromatic carbocycles. The molecule has 312 valence electrons. The Morgan fingerprint density at radius 1 is 0.532 bits per heavy atom. The molecule has 10 rings (SSSR count). The third kappa shape index (κ3) is 8.93. The largest absolute Gasteiger partial charge is 0.451 e. The number of nitrogens with zero attached hydrogens (tertiary/aromatic N) is 4. The molecular formula is C52H50BClN4O4. The molecule has 0 aliphatic carbocycles. The van der Waals surface area contributed by atoms with Crippen LogP contribution in [0.4, 0.5) is 0 Å². The van der Waals surface area contributed by atoms with Crippen molar-refractivity contribution >= 4 is 84.7 Å². The number of halogens is 1. The number of aromatic nitrogens is 4. The smallest absolute Gasteiger partial charge is 0.437 e. The molecule has 0 aliphatic heterocycles. The second-order valence-corrected chi connectivity index (χ2v) is 17.5. The third-order valence-electron chi connectivity index (χ3n) is 10.8. The van der Waals surface area contributed by atoms with Gasteiger partial charge in [0.15, 0.2) is 0 Å². The van der Waals surface area contributed by atoms with E-state index < -0.39 is 7.12 Å². The maximum absolute atomic E-state index is 8.28. The number of furan rings is 2. The van der Waals surface area contributed by atoms with E-state index in [9.17, 15) is 0 Å². The highest BCUT2D eigenvalue weighted by molar-refractivity contribution is 6.41. The Morgan fingerprint density at radius 3 is 1.50 bits per heavy atom. The zero-order chi connectivity index (χ0) is 43.8. The van der Waals surface area contributed by atoms with Gasteiger partial charge in [-0.15, -0.1) is 0 Å². The summed E-state index contributed by atoms with van der Waals surface area (Å²) >= 11 is 6.28. The Kier molecular flexibility index (Phi) is 12.1. The number of rotatable bonds is 6. The summed E-state index contributed by atoms with van der Waals surface area (Å²) in [6.45, 7) is 16.5. The van der Waals surface area contributed by atoms with Crippen molar-refractivity contribution in [2.75, 3.05) is 0 Å². The molecule has 2 N–H and O–H groups in total. The molecule has 0 unspecified atom stereocenters. The molecule has 0 bridgehead atoms. The molecule has 0 spiro atoms. The highest BCUT2D eigenvalue weighted by Gasteiger charge is 2.18. The van der Waals surface area contributed by atoms with Crippen LogP contribution in [0.2, 0.25) is 11.3 Å². The fourth-order valence-corrected chi connectivity index (χ4v) is 8.28. The van der Waals surface area contributed by atoms with E-state index in [1.165, 1.54) is 16.5 Å². The molecule has 0 saturated heterocycles. The van der Waals surface area contributed by atoms with Crippen molar-refractivity contribution < 1.29 is 18.9 Å². The quantitative estimate of drug-likeness (QED) is 0.159. The zero-order valence-electron chi connectivity index (χ0n) is 36.4. The van der Waals surface area contributed by atoms with Crippen LogP contribution in [0.1, 0.15) is 55.8 Å². The van der Waals surface area contributed by atoms with Gasteiger partial charge in [0.2, 0.25) is 11.4 Å². The third-order valence-corrected chi connectivity index (χ3v) is 11.1. The Labute approximate surface area is 366 Å². The van der Waals surface area contributed by atoms with Gasteiger partial charge in [0, 0.05) is 59.9 Å². The average Bonchev–Trinajstić information content (AvgIpc) is 3.76. The van der Waals surface area contributed by atoms with Crippen LogP contribution in [-0.2, 0) is 6.42 Å². The number of hydrogen-bond acceptors (Lipinski definition) is 8. The minimum absolute atomic E-state index is 0.375. The summed E-state index contributed by atoms with van der Waals surface area (Å²) in [5, 5.41) is 23.7. The first kappa shape index (κ1) is 42.6. The van der Waals surface area contributed by atoms with Gasteiger partial charge in [-0.1, -0.05) is 63.6 Å². The summed E-state index contributed by atoms with van der Waals surface area (Å²) in [5.41, 5.74) is 14.3. The highest BCUT2D eigenvalue weighted by Crippen LogP contribution is 2.38. The van der Waals surface area contributed by atoms with Gasteiger partial charge in [-0.25, -0.2) is 19.9 Å². The minimum atomic E-state index is -1.13. The van der Waals surface area contributed by atoms with Crippen molar-refractivity contribution in [1.29, 1.82) is 0 Å². The Balaban J connectivity index is 0.000000149. The van der Waals surface area contributed by atoms with E-state index in [1.54, 1.807) is 0 Å². The molecule has 0 atom stereocenters. The van der Waals surface area contributed by atoms with Gasteiger partial charge < -0.3 is 18.9 Å². The average molecular weight is 841 g/mol. The summed E-state index contributed by atoms with van der Waals surface area (Å²) in [7, 11) is -1.13. The molecule has 0 saturated carbocycles. The maximum atomic E-state index is 8.28. The maximum Gasteiger partial charge on any atom is 0.451 e. The first-order chi connectivity index (χ1) is 29.7. The topological polar surface area (TPSA) is 118 Å². The highest BCUT2D eigenvalue weighted by atomic mass is 35.5. The normalized spacial score (nSPS) is 11.6. The molecule has 8 nitrogen and oxygen atoms in total. The summed E-state index contributed by atoms with van der Waals surface area (Å²) < 4.78 is 12.3. The summed E-state index contributed by atoms with van der Waals surface area (Å²) in [5.74, 6) is 0.989. The Bertz CT molecular complexity index is 3260. The summed E-state index contributed by atoms with van der Waals surface area (Å²) in [4.78, 5) is 18.9. The first-order valence-corrected chi connectivity index (χ1v) is 21.5. The van der Waals surface area contributed by atoms with Gasteiger partial charge in [-0.2, -0.15) is 0 Å². The molecule has 62 heavy (non-hydrogen) atoms. The van der Waals surface area contributed by atoms with E-state index in [2.05, 4.69) is 104 Å². The first-order valence-electron chi connectivity index (χ1n) is 21.1. The second-order valence-electron chi connectivity index (χ2n) is 17.1. The van der Waals surface area contributed by atoms with Gasteiger partial charge in [-0.3, -0.25) is 0 Å². The summed E-state index contributed by atoms with van der Waals surface area (Å²) in [6.07, 6.45) is 1.53. The fraction of sp³-hybridized carbons (Fsp3) is 0.231. The van der Waals surface area contributed by atoms with Gasteiger partial charge in [0.05, 0.1) is 22.4 Å². The van der Waals surface area contributed by atoms with Crippen LogP contribution in [0.3, 0.4) is 0 Å². The number of fused-ring (bicyclic) bond motifs is 8. The van der Waals surface area contributed by atoms with E-state index in [1.807, 2.05) is 70.2 Å². The second kappa shape index (κ2) is 17.7. The van der Waals surface area contributed by atoms with Gasteiger partial charge in [0.25, 0.3) is 0 Å². The number of benzene rings is 4. The van der Waals surface area contributed by atoms with Gasteiger partial charge in [-0.05, 0) is 154 Å². The molecule has 0 amide bonds. The number of hydrogen-bond donors (Lipinski definition) is 2. The predicted octanol–water partition coefficient (Wildman–Crippen LogP) is 13.6. The lowest BCUT2D eigenvalue weighted by Gasteiger charge is -2.10. The van der Waals surface area contributed by atoms with Gasteiger partial charge in [0.1, 0.15) is 11.2 Å². The fourth-order valence-electron chi connectivity index (χ4n) is 8.05. The van der Waals surface area contributed by atoms with Crippen LogP contribution in [0.25, 0.3) is 88.5 Å². The van der Waals surface area contributed by atoms with Crippen molar-refractivity contribution in [2.45, 2.75) is 68.1 Å². The lowest BCUT2D eigenvalue weighted by molar-refractivity contribution is 0.394. The zero-order valence-corrected chi connectivity index (χ0v) is 37.2. The lowest BCUT2D eigenvalue weighted by atomic mass is 9.80. The Hall–Kier alpha value is -6.13. The van der Waals surface area contributed by atoms with E-state index in [-0.39, 0.29) is 0 Å². The van der Waals surface area contributed by atoms with Crippen molar-refractivity contribution in [2.24, 2.45) is 11.8 Å². The van der Waals surface area contributed by atoms with Crippen LogP contribution in [0.5, 0.6) is 0 Å². The van der Waals surface area contributed by atoms with Crippen molar-refractivity contribution in [3.05, 3.63) is 142 Å². The molecule has 10 aromatic rings.